The zero-order valence-corrected chi connectivity index (χ0v) is 11.2. The molecule has 1 saturated carbocycles. The summed E-state index contributed by atoms with van der Waals surface area (Å²) in [5.41, 5.74) is 4.59. The molecular weight excluding hydrogens is 264 g/mol. The van der Waals surface area contributed by atoms with Crippen LogP contribution in [0.1, 0.15) is 28.8 Å². The Labute approximate surface area is 120 Å². The van der Waals surface area contributed by atoms with Crippen molar-refractivity contribution in [2.75, 3.05) is 0 Å². The van der Waals surface area contributed by atoms with Gasteiger partial charge in [-0.1, -0.05) is 0 Å². The van der Waals surface area contributed by atoms with Crippen molar-refractivity contribution in [1.29, 1.82) is 0 Å². The number of carbonyl (C=O) groups excluding carboxylic acids is 1. The van der Waals surface area contributed by atoms with Crippen molar-refractivity contribution in [1.82, 2.24) is 20.3 Å². The van der Waals surface area contributed by atoms with E-state index in [0.717, 1.165) is 40.7 Å². The zero-order chi connectivity index (χ0) is 14.0. The highest BCUT2D eigenvalue weighted by Gasteiger charge is 2.46. The first-order valence-electron chi connectivity index (χ1n) is 7.02. The summed E-state index contributed by atoms with van der Waals surface area (Å²) >= 11 is 0. The van der Waals surface area contributed by atoms with Crippen LogP contribution in [0.4, 0.5) is 0 Å². The predicted molar refractivity (Wildman–Crippen MR) is 77.7 cm³/mol. The summed E-state index contributed by atoms with van der Waals surface area (Å²) in [7, 11) is 0. The second-order valence-electron chi connectivity index (χ2n) is 5.75. The quantitative estimate of drug-likeness (QED) is 0.603. The highest BCUT2D eigenvalue weighted by Crippen LogP contribution is 2.46. The first kappa shape index (κ1) is 11.0. The van der Waals surface area contributed by atoms with Gasteiger partial charge in [0.2, 0.25) is 0 Å². The summed E-state index contributed by atoms with van der Waals surface area (Å²) < 4.78 is 0. The molecule has 2 aromatic rings. The molecule has 0 saturated heterocycles. The van der Waals surface area contributed by atoms with Gasteiger partial charge in [-0.25, -0.2) is 4.98 Å². The van der Waals surface area contributed by atoms with E-state index in [1.54, 1.807) is 18.6 Å². The number of fused-ring (bicyclic) bond motifs is 3. The molecule has 5 nitrogen and oxygen atoms in total. The number of aromatic amines is 1. The van der Waals surface area contributed by atoms with Crippen LogP contribution in [0.5, 0.6) is 0 Å². The van der Waals surface area contributed by atoms with E-state index in [2.05, 4.69) is 20.3 Å². The topological polar surface area (TPSA) is 70.7 Å². The number of hydrogen-bond donors (Lipinski definition) is 2. The second kappa shape index (κ2) is 3.49. The SMILES string of the molecule is O=C(NC1(c2ccncc2)CC1)c1c[nH]c2c3nc-3cc12. The minimum atomic E-state index is -0.212. The molecule has 1 aliphatic heterocycles. The van der Waals surface area contributed by atoms with Gasteiger partial charge in [-0.05, 0) is 36.6 Å². The molecule has 0 bridgehead atoms. The van der Waals surface area contributed by atoms with Crippen LogP contribution < -0.4 is 5.32 Å². The molecule has 1 amide bonds. The molecule has 2 N–H and O–H groups in total. The average Bonchev–Trinajstić information content (AvgIpc) is 3.38. The van der Waals surface area contributed by atoms with Crippen molar-refractivity contribution in [2.24, 2.45) is 0 Å². The van der Waals surface area contributed by atoms with Gasteiger partial charge in [0.1, 0.15) is 5.69 Å². The lowest BCUT2D eigenvalue weighted by Crippen LogP contribution is -2.34. The van der Waals surface area contributed by atoms with Crippen LogP contribution in [0.15, 0.2) is 36.8 Å². The van der Waals surface area contributed by atoms with Crippen LogP contribution >= 0.6 is 0 Å². The van der Waals surface area contributed by atoms with Crippen LogP contribution in [0.3, 0.4) is 0 Å². The average molecular weight is 276 g/mol. The molecule has 102 valence electrons. The molecule has 21 heavy (non-hydrogen) atoms. The summed E-state index contributed by atoms with van der Waals surface area (Å²) in [5, 5.41) is 4.16. The fraction of sp³-hybridized carbons (Fsp3) is 0.188. The summed E-state index contributed by atoms with van der Waals surface area (Å²) in [6, 6.07) is 5.92. The Morgan fingerprint density at radius 2 is 2.10 bits per heavy atom. The summed E-state index contributed by atoms with van der Waals surface area (Å²) in [4.78, 5) is 24.0. The maximum atomic E-state index is 12.6. The Morgan fingerprint density at radius 1 is 1.29 bits per heavy atom. The number of amides is 1. The standard InChI is InChI=1S/C16H12N4O/c21-15(11-8-18-13-10(11)7-12-14(13)19-12)20-16(3-4-16)9-1-5-17-6-2-9/h1-2,5-8,18H,3-4H2,(H,20,21). The van der Waals surface area contributed by atoms with Crippen molar-refractivity contribution < 1.29 is 4.79 Å². The Kier molecular flexibility index (Phi) is 1.83. The number of hydrogen-bond acceptors (Lipinski definition) is 3. The van der Waals surface area contributed by atoms with Gasteiger partial charge in [0.05, 0.1) is 22.3 Å². The highest BCUT2D eigenvalue weighted by atomic mass is 16.1. The first-order valence-corrected chi connectivity index (χ1v) is 7.02. The molecule has 0 aromatic carbocycles. The van der Waals surface area contributed by atoms with Crippen LogP contribution in [0, 0.1) is 0 Å². The number of nitrogens with one attached hydrogen (secondary N) is 2. The van der Waals surface area contributed by atoms with E-state index >= 15 is 0 Å². The second-order valence-corrected chi connectivity index (χ2v) is 5.75. The van der Waals surface area contributed by atoms with E-state index in [-0.39, 0.29) is 11.4 Å². The van der Waals surface area contributed by atoms with Gasteiger partial charge in [-0.3, -0.25) is 9.78 Å². The molecule has 0 radical (unpaired) electrons. The van der Waals surface area contributed by atoms with Crippen molar-refractivity contribution in [2.45, 2.75) is 18.4 Å². The molecule has 2 aromatic heterocycles. The minimum absolute atomic E-state index is 0.0273. The summed E-state index contributed by atoms with van der Waals surface area (Å²) in [6.45, 7) is 0. The molecule has 5 heteroatoms. The zero-order valence-electron chi connectivity index (χ0n) is 11.2. The van der Waals surface area contributed by atoms with Gasteiger partial charge >= 0.3 is 0 Å². The van der Waals surface area contributed by atoms with E-state index in [1.165, 1.54) is 0 Å². The van der Waals surface area contributed by atoms with Gasteiger partial charge in [0.25, 0.3) is 5.91 Å². The van der Waals surface area contributed by atoms with E-state index in [4.69, 9.17) is 0 Å². The van der Waals surface area contributed by atoms with Crippen molar-refractivity contribution in [3.63, 3.8) is 0 Å². The lowest BCUT2D eigenvalue weighted by molar-refractivity contribution is 0.0932. The lowest BCUT2D eigenvalue weighted by Gasteiger charge is -2.17. The summed E-state index contributed by atoms with van der Waals surface area (Å²) in [6.07, 6.45) is 7.26. The number of aromatic nitrogens is 3. The highest BCUT2D eigenvalue weighted by molar-refractivity contribution is 6.13. The van der Waals surface area contributed by atoms with Crippen LogP contribution in [0.25, 0.3) is 22.3 Å². The molecule has 3 heterocycles. The van der Waals surface area contributed by atoms with Crippen LogP contribution in [0.2, 0.25) is 0 Å². The Balaban J connectivity index is 1.48. The fourth-order valence-corrected chi connectivity index (χ4v) is 3.05. The van der Waals surface area contributed by atoms with Gasteiger partial charge in [0, 0.05) is 24.0 Å². The molecule has 0 atom stereocenters. The third-order valence-electron chi connectivity index (χ3n) is 4.44. The van der Waals surface area contributed by atoms with Crippen LogP contribution in [-0.2, 0) is 5.54 Å². The molecule has 0 unspecified atom stereocenters. The largest absolute Gasteiger partial charge is 0.359 e. The molecule has 0 spiro atoms. The molecule has 5 rings (SSSR count). The van der Waals surface area contributed by atoms with E-state index in [0.29, 0.717) is 5.56 Å². The molecule has 3 aliphatic rings. The van der Waals surface area contributed by atoms with Crippen LogP contribution in [-0.4, -0.2) is 20.9 Å². The Morgan fingerprint density at radius 3 is 2.86 bits per heavy atom. The third-order valence-corrected chi connectivity index (χ3v) is 4.44. The third kappa shape index (κ3) is 1.48. The van der Waals surface area contributed by atoms with E-state index in [1.807, 2.05) is 18.2 Å². The summed E-state index contributed by atoms with van der Waals surface area (Å²) in [5.74, 6) is -0.0273. The first-order chi connectivity index (χ1) is 10.3. The maximum absolute atomic E-state index is 12.6. The molecular formula is C16H12N4O. The minimum Gasteiger partial charge on any atom is -0.359 e. The molecule has 2 aliphatic carbocycles. The number of H-pyrrole nitrogens is 1. The van der Waals surface area contributed by atoms with Crippen molar-refractivity contribution in [3.05, 3.63) is 47.9 Å². The smallest absolute Gasteiger partial charge is 0.254 e. The molecule has 1 fully saturated rings. The monoisotopic (exact) mass is 276 g/mol. The van der Waals surface area contributed by atoms with Gasteiger partial charge in [0.15, 0.2) is 0 Å². The number of pyridine rings is 2. The van der Waals surface area contributed by atoms with Gasteiger partial charge < -0.3 is 10.3 Å². The normalized spacial score (nSPS) is 16.8. The Bertz CT molecular complexity index is 893. The Hall–Kier alpha value is -2.69. The van der Waals surface area contributed by atoms with E-state index in [9.17, 15) is 4.79 Å². The number of nitrogens with zero attached hydrogens (tertiary/aromatic N) is 2. The fourth-order valence-electron chi connectivity index (χ4n) is 3.05. The van der Waals surface area contributed by atoms with Crippen molar-refractivity contribution >= 4 is 16.8 Å². The number of carbonyl (C=O) groups is 1. The van der Waals surface area contributed by atoms with Crippen molar-refractivity contribution in [3.8, 4) is 11.4 Å². The lowest BCUT2D eigenvalue weighted by atomic mass is 10.1. The van der Waals surface area contributed by atoms with Gasteiger partial charge in [-0.15, -0.1) is 0 Å². The van der Waals surface area contributed by atoms with Gasteiger partial charge in [-0.2, -0.15) is 0 Å². The predicted octanol–water partition coefficient (Wildman–Crippen LogP) is 2.36. The van der Waals surface area contributed by atoms with E-state index < -0.39 is 0 Å². The number of rotatable bonds is 3. The maximum Gasteiger partial charge on any atom is 0.254 e.